The zero-order valence-corrected chi connectivity index (χ0v) is 14.7. The quantitative estimate of drug-likeness (QED) is 0.887. The zero-order chi connectivity index (χ0) is 17.0. The Morgan fingerprint density at radius 3 is 2.83 bits per heavy atom. The standard InChI is InChI=1S/C18H28N2O4/c1-14-3-4-15(24-14)11-20-8-5-18(6-9-20)7-10-23-12-16(18)19-17(21)13-22-2/h3-4,16H,5-13H2,1-2H3,(H,19,21)/t16-/m1/s1. The van der Waals surface area contributed by atoms with Gasteiger partial charge in [0.2, 0.25) is 5.91 Å². The minimum Gasteiger partial charge on any atom is -0.465 e. The number of amides is 1. The number of likely N-dealkylation sites (tertiary alicyclic amines) is 1. The van der Waals surface area contributed by atoms with E-state index in [-0.39, 0.29) is 24.0 Å². The highest BCUT2D eigenvalue weighted by Gasteiger charge is 2.44. The molecular formula is C18H28N2O4. The van der Waals surface area contributed by atoms with Gasteiger partial charge in [0, 0.05) is 13.7 Å². The van der Waals surface area contributed by atoms with Crippen LogP contribution in [0, 0.1) is 12.3 Å². The van der Waals surface area contributed by atoms with Gasteiger partial charge in [0.25, 0.3) is 0 Å². The molecular weight excluding hydrogens is 308 g/mol. The molecule has 1 spiro atoms. The van der Waals surface area contributed by atoms with E-state index in [1.54, 1.807) is 7.11 Å². The molecule has 2 fully saturated rings. The molecule has 0 radical (unpaired) electrons. The summed E-state index contributed by atoms with van der Waals surface area (Å²) in [5, 5.41) is 3.12. The average molecular weight is 336 g/mol. The summed E-state index contributed by atoms with van der Waals surface area (Å²) >= 11 is 0. The lowest BCUT2D eigenvalue weighted by molar-refractivity contribution is -0.130. The molecule has 0 aromatic carbocycles. The molecule has 1 aromatic rings. The fraction of sp³-hybridized carbons (Fsp3) is 0.722. The molecule has 1 aromatic heterocycles. The molecule has 6 heteroatoms. The van der Waals surface area contributed by atoms with Crippen molar-refractivity contribution >= 4 is 5.91 Å². The number of hydrogen-bond acceptors (Lipinski definition) is 5. The summed E-state index contributed by atoms with van der Waals surface area (Å²) in [6, 6.07) is 4.16. The first-order valence-electron chi connectivity index (χ1n) is 8.75. The van der Waals surface area contributed by atoms with Crippen molar-refractivity contribution in [1.82, 2.24) is 10.2 Å². The maximum atomic E-state index is 11.9. The molecule has 0 saturated carbocycles. The Hall–Kier alpha value is -1.37. The van der Waals surface area contributed by atoms with E-state index in [0.717, 1.165) is 57.0 Å². The van der Waals surface area contributed by atoms with Crippen molar-refractivity contribution in [3.8, 4) is 0 Å². The first-order valence-corrected chi connectivity index (χ1v) is 8.75. The van der Waals surface area contributed by atoms with E-state index in [9.17, 15) is 4.79 Å². The lowest BCUT2D eigenvalue weighted by Crippen LogP contribution is -2.57. The minimum absolute atomic E-state index is 0.0548. The maximum Gasteiger partial charge on any atom is 0.246 e. The monoisotopic (exact) mass is 336 g/mol. The van der Waals surface area contributed by atoms with Crippen LogP contribution in [0.5, 0.6) is 0 Å². The second kappa shape index (κ2) is 7.68. The Bertz CT molecular complexity index is 549. The number of piperidine rings is 1. The smallest absolute Gasteiger partial charge is 0.246 e. The van der Waals surface area contributed by atoms with Crippen LogP contribution in [0.4, 0.5) is 0 Å². The van der Waals surface area contributed by atoms with Crippen LogP contribution in [-0.4, -0.2) is 56.9 Å². The van der Waals surface area contributed by atoms with Gasteiger partial charge in [-0.2, -0.15) is 0 Å². The predicted molar refractivity (Wildman–Crippen MR) is 89.6 cm³/mol. The normalized spacial score (nSPS) is 24.2. The number of nitrogens with zero attached hydrogens (tertiary/aromatic N) is 1. The zero-order valence-electron chi connectivity index (χ0n) is 14.7. The summed E-state index contributed by atoms with van der Waals surface area (Å²) in [4.78, 5) is 14.4. The fourth-order valence-corrected chi connectivity index (χ4v) is 3.93. The Labute approximate surface area is 143 Å². The summed E-state index contributed by atoms with van der Waals surface area (Å²) in [6.07, 6.45) is 3.17. The van der Waals surface area contributed by atoms with Crippen molar-refractivity contribution in [2.45, 2.75) is 38.8 Å². The summed E-state index contributed by atoms with van der Waals surface area (Å²) in [5.74, 6) is 1.94. The molecule has 0 aliphatic carbocycles. The highest BCUT2D eigenvalue weighted by molar-refractivity contribution is 5.77. The third-order valence-corrected chi connectivity index (χ3v) is 5.41. The van der Waals surface area contributed by atoms with Gasteiger partial charge in [-0.3, -0.25) is 9.69 Å². The van der Waals surface area contributed by atoms with Gasteiger partial charge in [0.05, 0.1) is 19.2 Å². The Balaban J connectivity index is 1.58. The van der Waals surface area contributed by atoms with E-state index in [4.69, 9.17) is 13.9 Å². The fourth-order valence-electron chi connectivity index (χ4n) is 3.93. The van der Waals surface area contributed by atoms with Crippen molar-refractivity contribution < 1.29 is 18.7 Å². The van der Waals surface area contributed by atoms with Crippen molar-refractivity contribution in [3.05, 3.63) is 23.7 Å². The number of hydrogen-bond donors (Lipinski definition) is 1. The molecule has 0 bridgehead atoms. The number of aryl methyl sites for hydroxylation is 1. The summed E-state index contributed by atoms with van der Waals surface area (Å²) in [6.45, 7) is 6.38. The van der Waals surface area contributed by atoms with Gasteiger partial charge in [0.15, 0.2) is 0 Å². The lowest BCUT2D eigenvalue weighted by atomic mass is 9.69. The van der Waals surface area contributed by atoms with Gasteiger partial charge >= 0.3 is 0 Å². The lowest BCUT2D eigenvalue weighted by Gasteiger charge is -2.49. The highest BCUT2D eigenvalue weighted by Crippen LogP contribution is 2.41. The maximum absolute atomic E-state index is 11.9. The van der Waals surface area contributed by atoms with Crippen LogP contribution in [0.15, 0.2) is 16.5 Å². The highest BCUT2D eigenvalue weighted by atomic mass is 16.5. The van der Waals surface area contributed by atoms with Crippen molar-refractivity contribution in [1.29, 1.82) is 0 Å². The van der Waals surface area contributed by atoms with E-state index in [1.165, 1.54) is 0 Å². The Kier molecular flexibility index (Phi) is 5.58. The van der Waals surface area contributed by atoms with Crippen LogP contribution in [0.3, 0.4) is 0 Å². The molecule has 2 aliphatic heterocycles. The van der Waals surface area contributed by atoms with Gasteiger partial charge in [-0.1, -0.05) is 0 Å². The number of methoxy groups -OCH3 is 1. The van der Waals surface area contributed by atoms with Crippen LogP contribution in [0.2, 0.25) is 0 Å². The third-order valence-electron chi connectivity index (χ3n) is 5.41. The van der Waals surface area contributed by atoms with Crippen LogP contribution in [0.1, 0.15) is 30.8 Å². The topological polar surface area (TPSA) is 63.9 Å². The number of rotatable bonds is 5. The molecule has 1 amide bonds. The predicted octanol–water partition coefficient (Wildman–Crippen LogP) is 1.72. The Morgan fingerprint density at radius 2 is 2.17 bits per heavy atom. The molecule has 1 atom stereocenters. The number of ether oxygens (including phenoxy) is 2. The van der Waals surface area contributed by atoms with Gasteiger partial charge in [-0.15, -0.1) is 0 Å². The van der Waals surface area contributed by atoms with Gasteiger partial charge in [-0.05, 0) is 56.8 Å². The molecule has 3 heterocycles. The van der Waals surface area contributed by atoms with E-state index in [2.05, 4.69) is 16.3 Å². The number of carbonyl (C=O) groups excluding carboxylic acids is 1. The molecule has 6 nitrogen and oxygen atoms in total. The molecule has 2 aliphatic rings. The minimum atomic E-state index is -0.0548. The van der Waals surface area contributed by atoms with E-state index in [1.807, 2.05) is 13.0 Å². The second-order valence-corrected chi connectivity index (χ2v) is 7.03. The van der Waals surface area contributed by atoms with E-state index >= 15 is 0 Å². The van der Waals surface area contributed by atoms with Crippen LogP contribution in [0.25, 0.3) is 0 Å². The number of nitrogens with one attached hydrogen (secondary N) is 1. The first kappa shape index (κ1) is 17.5. The number of carbonyl (C=O) groups is 1. The second-order valence-electron chi connectivity index (χ2n) is 7.03. The first-order chi connectivity index (χ1) is 11.6. The molecule has 24 heavy (non-hydrogen) atoms. The van der Waals surface area contributed by atoms with Crippen LogP contribution >= 0.6 is 0 Å². The third kappa shape index (κ3) is 3.99. The summed E-state index contributed by atoms with van der Waals surface area (Å²) in [5.41, 5.74) is 0.150. The molecule has 2 saturated heterocycles. The van der Waals surface area contributed by atoms with E-state index in [0.29, 0.717) is 6.61 Å². The van der Waals surface area contributed by atoms with Crippen molar-refractivity contribution in [2.75, 3.05) is 40.0 Å². The summed E-state index contributed by atoms with van der Waals surface area (Å²) < 4.78 is 16.3. The van der Waals surface area contributed by atoms with Gasteiger partial charge < -0.3 is 19.2 Å². The largest absolute Gasteiger partial charge is 0.465 e. The van der Waals surface area contributed by atoms with Gasteiger partial charge in [0.1, 0.15) is 18.1 Å². The molecule has 1 N–H and O–H groups in total. The molecule has 3 rings (SSSR count). The summed E-state index contributed by atoms with van der Waals surface area (Å²) in [7, 11) is 1.54. The van der Waals surface area contributed by atoms with Gasteiger partial charge in [-0.25, -0.2) is 0 Å². The molecule has 134 valence electrons. The average Bonchev–Trinajstić information content (AvgIpc) is 2.97. The van der Waals surface area contributed by atoms with Crippen molar-refractivity contribution in [2.24, 2.45) is 5.41 Å². The Morgan fingerprint density at radius 1 is 1.38 bits per heavy atom. The number of furan rings is 1. The molecule has 0 unspecified atom stereocenters. The van der Waals surface area contributed by atoms with Crippen LogP contribution in [-0.2, 0) is 20.8 Å². The van der Waals surface area contributed by atoms with E-state index < -0.39 is 0 Å². The van der Waals surface area contributed by atoms with Crippen molar-refractivity contribution in [3.63, 3.8) is 0 Å². The SMILES string of the molecule is COCC(=O)N[C@@H]1COCCC12CCN(Cc1ccc(C)o1)CC2. The van der Waals surface area contributed by atoms with Crippen LogP contribution < -0.4 is 5.32 Å².